The van der Waals surface area contributed by atoms with Crippen LogP contribution in [0.1, 0.15) is 42.1 Å². The molecule has 0 unspecified atom stereocenters. The molecule has 1 atom stereocenters. The third kappa shape index (κ3) is 4.99. The van der Waals surface area contributed by atoms with Crippen LogP contribution in [0, 0.1) is 12.8 Å². The number of benzene rings is 1. The van der Waals surface area contributed by atoms with Crippen molar-refractivity contribution in [1.82, 2.24) is 15.2 Å². The van der Waals surface area contributed by atoms with E-state index in [1.165, 1.54) is 11.3 Å². The number of nitrogens with one attached hydrogen (secondary N) is 1. The van der Waals surface area contributed by atoms with Gasteiger partial charge >= 0.3 is 0 Å². The van der Waals surface area contributed by atoms with E-state index >= 15 is 0 Å². The molecule has 1 N–H and O–H groups in total. The molecular formula is C22H31N3O2S. The number of carbonyl (C=O) groups is 1. The monoisotopic (exact) mass is 401 g/mol. The maximum atomic E-state index is 12.9. The van der Waals surface area contributed by atoms with Gasteiger partial charge in [0.25, 0.3) is 5.91 Å². The van der Waals surface area contributed by atoms with Gasteiger partial charge in [-0.05, 0) is 12.8 Å². The lowest BCUT2D eigenvalue weighted by Gasteiger charge is -2.38. The zero-order chi connectivity index (χ0) is 19.9. The Morgan fingerprint density at radius 1 is 1.21 bits per heavy atom. The predicted molar refractivity (Wildman–Crippen MR) is 115 cm³/mol. The van der Waals surface area contributed by atoms with Gasteiger partial charge in [-0.1, -0.05) is 57.0 Å². The largest absolute Gasteiger partial charge is 0.379 e. The van der Waals surface area contributed by atoms with E-state index in [1.807, 2.05) is 37.3 Å². The van der Waals surface area contributed by atoms with Crippen LogP contribution in [0.2, 0.25) is 0 Å². The van der Waals surface area contributed by atoms with Crippen LogP contribution in [0.25, 0.3) is 10.6 Å². The lowest BCUT2D eigenvalue weighted by Crippen LogP contribution is -2.52. The van der Waals surface area contributed by atoms with Crippen LogP contribution in [0.3, 0.4) is 0 Å². The summed E-state index contributed by atoms with van der Waals surface area (Å²) in [5, 5.41) is 4.10. The number of hydrogen-bond donors (Lipinski definition) is 1. The van der Waals surface area contributed by atoms with Gasteiger partial charge in [0.15, 0.2) is 0 Å². The summed E-state index contributed by atoms with van der Waals surface area (Å²) in [6.07, 6.45) is 2.23. The molecule has 1 saturated heterocycles. The second kappa shape index (κ2) is 10.1. The second-order valence-corrected chi connectivity index (χ2v) is 8.30. The van der Waals surface area contributed by atoms with Gasteiger partial charge in [0.05, 0.1) is 18.9 Å². The topological polar surface area (TPSA) is 54.5 Å². The number of carbonyl (C=O) groups excluding carboxylic acids is 1. The van der Waals surface area contributed by atoms with E-state index in [9.17, 15) is 4.79 Å². The predicted octanol–water partition coefficient (Wildman–Crippen LogP) is 3.99. The number of rotatable bonds is 8. The van der Waals surface area contributed by atoms with Crippen LogP contribution in [0.15, 0.2) is 30.3 Å². The highest BCUT2D eigenvalue weighted by molar-refractivity contribution is 7.17. The van der Waals surface area contributed by atoms with Crippen molar-refractivity contribution in [2.24, 2.45) is 5.92 Å². The molecule has 152 valence electrons. The minimum absolute atomic E-state index is 0.0126. The molecule has 5 nitrogen and oxygen atoms in total. The summed E-state index contributed by atoms with van der Waals surface area (Å²) < 4.78 is 5.52. The highest BCUT2D eigenvalue weighted by Crippen LogP contribution is 2.28. The quantitative estimate of drug-likeness (QED) is 0.727. The van der Waals surface area contributed by atoms with Crippen LogP contribution >= 0.6 is 11.3 Å². The Morgan fingerprint density at radius 2 is 1.89 bits per heavy atom. The van der Waals surface area contributed by atoms with Crippen molar-refractivity contribution in [3.05, 3.63) is 40.9 Å². The molecule has 2 aromatic rings. The van der Waals surface area contributed by atoms with E-state index in [1.54, 1.807) is 0 Å². The minimum Gasteiger partial charge on any atom is -0.379 e. The van der Waals surface area contributed by atoms with Crippen molar-refractivity contribution >= 4 is 17.2 Å². The number of thiazole rings is 1. The maximum absolute atomic E-state index is 12.9. The summed E-state index contributed by atoms with van der Waals surface area (Å²) in [6.45, 7) is 10.5. The lowest BCUT2D eigenvalue weighted by molar-refractivity contribution is 0.00192. The number of ether oxygens (including phenoxy) is 1. The summed E-state index contributed by atoms with van der Waals surface area (Å²) in [4.78, 5) is 20.7. The molecule has 1 aliphatic heterocycles. The maximum Gasteiger partial charge on any atom is 0.263 e. The van der Waals surface area contributed by atoms with Crippen LogP contribution < -0.4 is 5.32 Å². The van der Waals surface area contributed by atoms with Gasteiger partial charge < -0.3 is 10.1 Å². The fourth-order valence-electron chi connectivity index (χ4n) is 3.92. The SMILES string of the molecule is CCC(CC)[C@H](CNC(=O)c1sc(-c2ccccc2)nc1C)N1CCOCC1. The molecule has 0 spiro atoms. The lowest BCUT2D eigenvalue weighted by atomic mass is 9.92. The molecule has 1 amide bonds. The van der Waals surface area contributed by atoms with Crippen molar-refractivity contribution in [2.75, 3.05) is 32.8 Å². The average Bonchev–Trinajstić information content (AvgIpc) is 3.14. The molecule has 3 rings (SSSR count). The Kier molecular flexibility index (Phi) is 7.59. The number of amides is 1. The summed E-state index contributed by atoms with van der Waals surface area (Å²) in [7, 11) is 0. The number of aromatic nitrogens is 1. The molecule has 1 fully saturated rings. The van der Waals surface area contributed by atoms with Crippen molar-refractivity contribution in [2.45, 2.75) is 39.7 Å². The number of nitrogens with zero attached hydrogens (tertiary/aromatic N) is 2. The Bertz CT molecular complexity index is 752. The Balaban J connectivity index is 1.69. The van der Waals surface area contributed by atoms with Crippen molar-refractivity contribution in [1.29, 1.82) is 0 Å². The van der Waals surface area contributed by atoms with Crippen LogP contribution in [-0.4, -0.2) is 54.7 Å². The highest BCUT2D eigenvalue weighted by atomic mass is 32.1. The van der Waals surface area contributed by atoms with Crippen molar-refractivity contribution in [3.63, 3.8) is 0 Å². The molecular weight excluding hydrogens is 370 g/mol. The molecule has 2 heterocycles. The van der Waals surface area contributed by atoms with E-state index in [4.69, 9.17) is 4.74 Å². The first kappa shape index (κ1) is 21.0. The normalized spacial score (nSPS) is 16.3. The summed E-state index contributed by atoms with van der Waals surface area (Å²) in [6, 6.07) is 10.4. The zero-order valence-corrected chi connectivity index (χ0v) is 17.9. The molecule has 1 aromatic heterocycles. The first-order valence-electron chi connectivity index (χ1n) is 10.3. The van der Waals surface area contributed by atoms with E-state index < -0.39 is 0 Å². The van der Waals surface area contributed by atoms with Crippen LogP contribution in [0.4, 0.5) is 0 Å². The summed E-state index contributed by atoms with van der Waals surface area (Å²) >= 11 is 1.47. The first-order chi connectivity index (χ1) is 13.6. The van der Waals surface area contributed by atoms with Gasteiger partial charge in [-0.25, -0.2) is 4.98 Å². The smallest absolute Gasteiger partial charge is 0.263 e. The number of aryl methyl sites for hydroxylation is 1. The molecule has 0 saturated carbocycles. The van der Waals surface area contributed by atoms with E-state index in [-0.39, 0.29) is 5.91 Å². The summed E-state index contributed by atoms with van der Waals surface area (Å²) in [5.41, 5.74) is 1.85. The molecule has 28 heavy (non-hydrogen) atoms. The molecule has 0 bridgehead atoms. The molecule has 1 aromatic carbocycles. The molecule has 0 radical (unpaired) electrons. The van der Waals surface area contributed by atoms with Gasteiger partial charge in [-0.2, -0.15) is 0 Å². The molecule has 1 aliphatic rings. The highest BCUT2D eigenvalue weighted by Gasteiger charge is 2.28. The first-order valence-corrected chi connectivity index (χ1v) is 11.1. The standard InChI is InChI=1S/C22H31N3O2S/c1-4-17(5-2)19(25-11-13-27-14-12-25)15-23-21(26)20-16(3)24-22(28-20)18-9-7-6-8-10-18/h6-10,17,19H,4-5,11-15H2,1-3H3,(H,23,26)/t19-/m0/s1. The van der Waals surface area contributed by atoms with Crippen LogP contribution in [-0.2, 0) is 4.74 Å². The number of hydrogen-bond acceptors (Lipinski definition) is 5. The third-order valence-electron chi connectivity index (χ3n) is 5.60. The Morgan fingerprint density at radius 3 is 2.54 bits per heavy atom. The fourth-order valence-corrected chi connectivity index (χ4v) is 4.91. The van der Waals surface area contributed by atoms with E-state index in [0.717, 1.165) is 55.4 Å². The third-order valence-corrected chi connectivity index (χ3v) is 6.81. The molecule has 0 aliphatic carbocycles. The van der Waals surface area contributed by atoms with Gasteiger partial charge in [0.2, 0.25) is 0 Å². The zero-order valence-electron chi connectivity index (χ0n) is 17.1. The van der Waals surface area contributed by atoms with Crippen molar-refractivity contribution in [3.8, 4) is 10.6 Å². The summed E-state index contributed by atoms with van der Waals surface area (Å²) in [5.74, 6) is 0.558. The van der Waals surface area contributed by atoms with Gasteiger partial charge in [0, 0.05) is 31.2 Å². The second-order valence-electron chi connectivity index (χ2n) is 7.30. The van der Waals surface area contributed by atoms with E-state index in [0.29, 0.717) is 23.4 Å². The van der Waals surface area contributed by atoms with Gasteiger partial charge in [-0.15, -0.1) is 11.3 Å². The Labute approximate surface area is 172 Å². The van der Waals surface area contributed by atoms with Crippen LogP contribution in [0.5, 0.6) is 0 Å². The van der Waals surface area contributed by atoms with Gasteiger partial charge in [-0.3, -0.25) is 9.69 Å². The fraction of sp³-hybridized carbons (Fsp3) is 0.545. The van der Waals surface area contributed by atoms with E-state index in [2.05, 4.69) is 29.0 Å². The molecule has 6 heteroatoms. The van der Waals surface area contributed by atoms with Crippen molar-refractivity contribution < 1.29 is 9.53 Å². The number of morpholine rings is 1. The minimum atomic E-state index is -0.0126. The van der Waals surface area contributed by atoms with Gasteiger partial charge in [0.1, 0.15) is 9.88 Å². The Hall–Kier alpha value is -1.76. The average molecular weight is 402 g/mol.